The van der Waals surface area contributed by atoms with E-state index in [1.165, 1.54) is 4.88 Å². The molecule has 17 heavy (non-hydrogen) atoms. The smallest absolute Gasteiger partial charge is 0.0616 e. The molecule has 0 saturated heterocycles. The fourth-order valence-corrected chi connectivity index (χ4v) is 2.83. The second-order valence-corrected chi connectivity index (χ2v) is 5.21. The zero-order valence-corrected chi connectivity index (χ0v) is 11.6. The van der Waals surface area contributed by atoms with Crippen LogP contribution in [-0.2, 0) is 4.74 Å². The first-order valence-electron chi connectivity index (χ1n) is 6.30. The maximum atomic E-state index is 5.56. The standard InChI is InChI=1S/C13H24N2OS/c1-3-12(13-7-5-9-17-13)15-11(10-16-2)6-4-8-14/h5,7,9,11-12,15H,3-4,6,8,10,14H2,1-2H3. The van der Waals surface area contributed by atoms with Crippen molar-refractivity contribution in [1.82, 2.24) is 5.32 Å². The van der Waals surface area contributed by atoms with Crippen LogP contribution in [0, 0.1) is 0 Å². The van der Waals surface area contributed by atoms with Gasteiger partial charge in [-0.05, 0) is 37.3 Å². The van der Waals surface area contributed by atoms with E-state index in [1.807, 2.05) is 11.3 Å². The largest absolute Gasteiger partial charge is 0.383 e. The Morgan fingerprint density at radius 1 is 1.53 bits per heavy atom. The number of hydrogen-bond acceptors (Lipinski definition) is 4. The van der Waals surface area contributed by atoms with Crippen molar-refractivity contribution in [1.29, 1.82) is 0 Å². The number of thiophene rings is 1. The van der Waals surface area contributed by atoms with Crippen molar-refractivity contribution in [2.75, 3.05) is 20.3 Å². The molecule has 0 aliphatic heterocycles. The van der Waals surface area contributed by atoms with Crippen molar-refractivity contribution in [3.63, 3.8) is 0 Å². The van der Waals surface area contributed by atoms with Crippen LogP contribution in [0.2, 0.25) is 0 Å². The molecule has 1 aromatic rings. The average Bonchev–Trinajstić information content (AvgIpc) is 2.86. The molecule has 0 aliphatic carbocycles. The number of ether oxygens (including phenoxy) is 1. The molecule has 0 aliphatic rings. The van der Waals surface area contributed by atoms with Crippen LogP contribution < -0.4 is 11.1 Å². The van der Waals surface area contributed by atoms with Crippen LogP contribution in [0.25, 0.3) is 0 Å². The normalized spacial score (nSPS) is 14.8. The van der Waals surface area contributed by atoms with Gasteiger partial charge in [0.1, 0.15) is 0 Å². The minimum Gasteiger partial charge on any atom is -0.383 e. The van der Waals surface area contributed by atoms with Crippen molar-refractivity contribution in [3.8, 4) is 0 Å². The summed E-state index contributed by atoms with van der Waals surface area (Å²) in [4.78, 5) is 1.40. The highest BCUT2D eigenvalue weighted by Crippen LogP contribution is 2.22. The lowest BCUT2D eigenvalue weighted by atomic mass is 10.1. The van der Waals surface area contributed by atoms with Gasteiger partial charge >= 0.3 is 0 Å². The van der Waals surface area contributed by atoms with E-state index in [4.69, 9.17) is 10.5 Å². The maximum absolute atomic E-state index is 5.56. The van der Waals surface area contributed by atoms with E-state index in [-0.39, 0.29) is 0 Å². The van der Waals surface area contributed by atoms with Gasteiger partial charge < -0.3 is 15.8 Å². The molecule has 2 atom stereocenters. The fraction of sp³-hybridized carbons (Fsp3) is 0.692. The molecule has 2 unspecified atom stereocenters. The minimum atomic E-state index is 0.399. The van der Waals surface area contributed by atoms with Crippen molar-refractivity contribution in [3.05, 3.63) is 22.4 Å². The molecule has 0 fully saturated rings. The zero-order valence-electron chi connectivity index (χ0n) is 10.8. The lowest BCUT2D eigenvalue weighted by Gasteiger charge is -2.24. The Morgan fingerprint density at radius 3 is 2.88 bits per heavy atom. The molecule has 1 heterocycles. The van der Waals surface area contributed by atoms with Gasteiger partial charge in [-0.25, -0.2) is 0 Å². The summed E-state index contributed by atoms with van der Waals surface area (Å²) in [7, 11) is 1.75. The molecular weight excluding hydrogens is 232 g/mol. The quantitative estimate of drug-likeness (QED) is 0.714. The van der Waals surface area contributed by atoms with Gasteiger partial charge in [0.05, 0.1) is 6.61 Å². The molecule has 0 amide bonds. The van der Waals surface area contributed by atoms with E-state index >= 15 is 0 Å². The highest BCUT2D eigenvalue weighted by molar-refractivity contribution is 7.10. The lowest BCUT2D eigenvalue weighted by Crippen LogP contribution is -2.36. The minimum absolute atomic E-state index is 0.399. The molecule has 0 aromatic carbocycles. The number of nitrogens with one attached hydrogen (secondary N) is 1. The maximum Gasteiger partial charge on any atom is 0.0616 e. The van der Waals surface area contributed by atoms with Crippen molar-refractivity contribution < 1.29 is 4.74 Å². The summed E-state index contributed by atoms with van der Waals surface area (Å²) in [6, 6.07) is 5.14. The third-order valence-corrected chi connectivity index (χ3v) is 3.84. The summed E-state index contributed by atoms with van der Waals surface area (Å²) >= 11 is 1.81. The number of rotatable bonds is 9. The Balaban J connectivity index is 2.50. The Kier molecular flexibility index (Phi) is 7.44. The molecule has 0 saturated carbocycles. The molecule has 0 spiro atoms. The van der Waals surface area contributed by atoms with Crippen LogP contribution in [0.15, 0.2) is 17.5 Å². The average molecular weight is 256 g/mol. The van der Waals surface area contributed by atoms with Gasteiger partial charge in [0, 0.05) is 24.1 Å². The van der Waals surface area contributed by atoms with Crippen LogP contribution in [0.3, 0.4) is 0 Å². The highest BCUT2D eigenvalue weighted by atomic mass is 32.1. The summed E-state index contributed by atoms with van der Waals surface area (Å²) < 4.78 is 5.26. The van der Waals surface area contributed by atoms with Crippen LogP contribution >= 0.6 is 11.3 Å². The van der Waals surface area contributed by atoms with Gasteiger partial charge in [-0.2, -0.15) is 0 Å². The summed E-state index contributed by atoms with van der Waals surface area (Å²) in [5.41, 5.74) is 5.56. The lowest BCUT2D eigenvalue weighted by molar-refractivity contribution is 0.155. The number of nitrogens with two attached hydrogens (primary N) is 1. The van der Waals surface area contributed by atoms with E-state index < -0.39 is 0 Å². The first kappa shape index (κ1) is 14.6. The second-order valence-electron chi connectivity index (χ2n) is 4.23. The third kappa shape index (κ3) is 5.17. The molecule has 1 rings (SSSR count). The number of methoxy groups -OCH3 is 1. The molecule has 3 nitrogen and oxygen atoms in total. The van der Waals surface area contributed by atoms with Gasteiger partial charge in [-0.3, -0.25) is 0 Å². The highest BCUT2D eigenvalue weighted by Gasteiger charge is 2.15. The molecule has 0 bridgehead atoms. The summed E-state index contributed by atoms with van der Waals surface area (Å²) in [6.45, 7) is 3.71. The van der Waals surface area contributed by atoms with E-state index in [0.29, 0.717) is 12.1 Å². The molecule has 3 N–H and O–H groups in total. The number of hydrogen-bond donors (Lipinski definition) is 2. The molecule has 1 aromatic heterocycles. The molecule has 4 heteroatoms. The summed E-state index contributed by atoms with van der Waals surface area (Å²) in [6.07, 6.45) is 3.22. The van der Waals surface area contributed by atoms with Crippen LogP contribution in [0.4, 0.5) is 0 Å². The first-order chi connectivity index (χ1) is 8.31. The Hall–Kier alpha value is -0.420. The van der Waals surface area contributed by atoms with Gasteiger partial charge in [-0.1, -0.05) is 13.0 Å². The first-order valence-corrected chi connectivity index (χ1v) is 7.18. The molecular formula is C13H24N2OS. The van der Waals surface area contributed by atoms with E-state index in [1.54, 1.807) is 7.11 Å². The van der Waals surface area contributed by atoms with E-state index in [9.17, 15) is 0 Å². The van der Waals surface area contributed by atoms with Gasteiger partial charge in [0.15, 0.2) is 0 Å². The summed E-state index contributed by atoms with van der Waals surface area (Å²) in [5.74, 6) is 0. The monoisotopic (exact) mass is 256 g/mol. The fourth-order valence-electron chi connectivity index (χ4n) is 1.96. The van der Waals surface area contributed by atoms with Crippen LogP contribution in [0.5, 0.6) is 0 Å². The Bertz CT molecular complexity index is 277. The topological polar surface area (TPSA) is 47.3 Å². The predicted octanol–water partition coefficient (Wildman–Crippen LogP) is 2.54. The Morgan fingerprint density at radius 2 is 2.35 bits per heavy atom. The second kappa shape index (κ2) is 8.64. The van der Waals surface area contributed by atoms with Gasteiger partial charge in [-0.15, -0.1) is 11.3 Å². The van der Waals surface area contributed by atoms with E-state index in [0.717, 1.165) is 32.4 Å². The van der Waals surface area contributed by atoms with Crippen LogP contribution in [0.1, 0.15) is 37.1 Å². The van der Waals surface area contributed by atoms with Crippen molar-refractivity contribution >= 4 is 11.3 Å². The summed E-state index contributed by atoms with van der Waals surface area (Å²) in [5, 5.41) is 5.80. The third-order valence-electron chi connectivity index (χ3n) is 2.86. The van der Waals surface area contributed by atoms with E-state index in [2.05, 4.69) is 29.8 Å². The van der Waals surface area contributed by atoms with Gasteiger partial charge in [0.2, 0.25) is 0 Å². The molecule has 0 radical (unpaired) electrons. The predicted molar refractivity (Wildman–Crippen MR) is 74.4 cm³/mol. The zero-order chi connectivity index (χ0) is 12.5. The SMILES string of the molecule is CCC(NC(CCCN)COC)c1cccs1. The van der Waals surface area contributed by atoms with Gasteiger partial charge in [0.25, 0.3) is 0 Å². The van der Waals surface area contributed by atoms with Crippen molar-refractivity contribution in [2.24, 2.45) is 5.73 Å². The van der Waals surface area contributed by atoms with Crippen molar-refractivity contribution in [2.45, 2.75) is 38.3 Å². The molecule has 98 valence electrons. The Labute approximate surface area is 108 Å². The van der Waals surface area contributed by atoms with Crippen LogP contribution in [-0.4, -0.2) is 26.3 Å².